The second-order valence-corrected chi connectivity index (χ2v) is 8.65. The van der Waals surface area contributed by atoms with E-state index in [9.17, 15) is 0 Å². The van der Waals surface area contributed by atoms with Gasteiger partial charge in [-0.05, 0) is 48.8 Å². The van der Waals surface area contributed by atoms with Crippen molar-refractivity contribution in [3.05, 3.63) is 170 Å². The minimum atomic E-state index is 1.09. The van der Waals surface area contributed by atoms with Crippen LogP contribution in [-0.2, 0) is 0 Å². The lowest BCUT2D eigenvalue weighted by Crippen LogP contribution is -2.19. The molecule has 0 aliphatic heterocycles. The Hall–Kier alpha value is -4.62. The third kappa shape index (κ3) is 6.15. The van der Waals surface area contributed by atoms with E-state index in [2.05, 4.69) is 158 Å². The van der Waals surface area contributed by atoms with Crippen molar-refractivity contribution < 1.29 is 0 Å². The molecule has 0 heterocycles. The summed E-state index contributed by atoms with van der Waals surface area (Å²) in [5.74, 6) is 0. The Balaban J connectivity index is 2.06. The molecule has 0 bridgehead atoms. The van der Waals surface area contributed by atoms with Crippen molar-refractivity contribution in [1.29, 1.82) is 0 Å². The Morgan fingerprint density at radius 1 is 0.595 bits per heavy atom. The fourth-order valence-corrected chi connectivity index (χ4v) is 4.38. The molecular formula is C36H33N. The van der Waals surface area contributed by atoms with Crippen LogP contribution in [0, 0.1) is 0 Å². The summed E-state index contributed by atoms with van der Waals surface area (Å²) >= 11 is 0. The zero-order valence-electron chi connectivity index (χ0n) is 21.6. The molecule has 0 aliphatic rings. The average Bonchev–Trinajstić information content (AvgIpc) is 2.97. The first-order chi connectivity index (χ1) is 18.2. The fraction of sp³-hybridized carbons (Fsp3) is 0.0556. The summed E-state index contributed by atoms with van der Waals surface area (Å²) in [4.78, 5) is 2.38. The molecule has 0 N–H and O–H groups in total. The van der Waals surface area contributed by atoms with E-state index in [0.29, 0.717) is 0 Å². The van der Waals surface area contributed by atoms with Gasteiger partial charge in [0.1, 0.15) is 0 Å². The second-order valence-electron chi connectivity index (χ2n) is 8.65. The lowest BCUT2D eigenvalue weighted by Gasteiger charge is -2.32. The van der Waals surface area contributed by atoms with Crippen LogP contribution in [0.3, 0.4) is 0 Å². The third-order valence-corrected chi connectivity index (χ3v) is 6.14. The molecule has 0 radical (unpaired) electrons. The Kier molecular flexibility index (Phi) is 8.88. The lowest BCUT2D eigenvalue weighted by molar-refractivity contribution is 1.16. The Morgan fingerprint density at radius 2 is 1.08 bits per heavy atom. The van der Waals surface area contributed by atoms with Gasteiger partial charge in [-0.3, -0.25) is 0 Å². The molecule has 4 rings (SSSR count). The summed E-state index contributed by atoms with van der Waals surface area (Å²) < 4.78 is 0. The molecule has 0 saturated heterocycles. The zero-order valence-corrected chi connectivity index (χ0v) is 21.6. The third-order valence-electron chi connectivity index (χ3n) is 6.14. The van der Waals surface area contributed by atoms with Crippen LogP contribution in [-0.4, -0.2) is 0 Å². The molecule has 4 aromatic carbocycles. The van der Waals surface area contributed by atoms with Crippen LogP contribution in [0.2, 0.25) is 0 Å². The van der Waals surface area contributed by atoms with E-state index in [0.717, 1.165) is 22.6 Å². The van der Waals surface area contributed by atoms with Crippen LogP contribution >= 0.6 is 0 Å². The Labute approximate surface area is 221 Å². The maximum absolute atomic E-state index is 3.87. The van der Waals surface area contributed by atoms with E-state index < -0.39 is 0 Å². The molecule has 0 spiro atoms. The SMILES string of the molecule is C=C\C=C/C=C(\C(C)=C\C=C/C)N(c1ccccc1-c1ccccc1)c1ccccc1-c1ccccc1. The van der Waals surface area contributed by atoms with Crippen molar-refractivity contribution in [2.24, 2.45) is 0 Å². The summed E-state index contributed by atoms with van der Waals surface area (Å²) in [7, 11) is 0. The van der Waals surface area contributed by atoms with Crippen LogP contribution in [0.15, 0.2) is 170 Å². The molecule has 1 heteroatoms. The maximum Gasteiger partial charge on any atom is 0.0540 e. The maximum atomic E-state index is 3.87. The van der Waals surface area contributed by atoms with Gasteiger partial charge >= 0.3 is 0 Å². The molecule has 0 atom stereocenters. The number of nitrogens with zero attached hydrogens (tertiary/aromatic N) is 1. The van der Waals surface area contributed by atoms with Gasteiger partial charge < -0.3 is 4.90 Å². The van der Waals surface area contributed by atoms with Crippen LogP contribution in [0.4, 0.5) is 11.4 Å². The first-order valence-corrected chi connectivity index (χ1v) is 12.6. The highest BCUT2D eigenvalue weighted by Gasteiger charge is 2.22. The topological polar surface area (TPSA) is 3.24 Å². The summed E-state index contributed by atoms with van der Waals surface area (Å²) in [6, 6.07) is 38.4. The number of hydrogen-bond acceptors (Lipinski definition) is 1. The first kappa shape index (κ1) is 25.5. The second kappa shape index (κ2) is 12.9. The Bertz CT molecular complexity index is 1350. The summed E-state index contributed by atoms with van der Waals surface area (Å²) in [6.45, 7) is 8.07. The summed E-state index contributed by atoms with van der Waals surface area (Å²) in [6.07, 6.45) is 14.3. The van der Waals surface area contributed by atoms with Crippen LogP contribution in [0.25, 0.3) is 22.3 Å². The molecule has 4 aromatic rings. The zero-order chi connectivity index (χ0) is 25.9. The molecule has 0 aromatic heterocycles. The normalized spacial score (nSPS) is 12.3. The van der Waals surface area contributed by atoms with E-state index in [4.69, 9.17) is 0 Å². The van der Waals surface area contributed by atoms with Crippen molar-refractivity contribution in [2.45, 2.75) is 13.8 Å². The summed E-state index contributed by atoms with van der Waals surface area (Å²) in [5, 5.41) is 0. The van der Waals surface area contributed by atoms with Crippen LogP contribution in [0.1, 0.15) is 13.8 Å². The fourth-order valence-electron chi connectivity index (χ4n) is 4.38. The number of rotatable bonds is 9. The van der Waals surface area contributed by atoms with Gasteiger partial charge in [-0.25, -0.2) is 0 Å². The highest BCUT2D eigenvalue weighted by atomic mass is 15.2. The molecule has 0 aliphatic carbocycles. The van der Waals surface area contributed by atoms with Crippen LogP contribution < -0.4 is 4.90 Å². The molecule has 182 valence electrons. The van der Waals surface area contributed by atoms with Gasteiger partial charge in [0.25, 0.3) is 0 Å². The van der Waals surface area contributed by atoms with E-state index in [-0.39, 0.29) is 0 Å². The van der Waals surface area contributed by atoms with Crippen molar-refractivity contribution in [2.75, 3.05) is 4.90 Å². The van der Waals surface area contributed by atoms with Crippen molar-refractivity contribution in [3.63, 3.8) is 0 Å². The number of para-hydroxylation sites is 2. The first-order valence-electron chi connectivity index (χ1n) is 12.6. The minimum absolute atomic E-state index is 1.09. The quantitative estimate of drug-likeness (QED) is 0.216. The number of allylic oxidation sites excluding steroid dienone is 8. The smallest absolute Gasteiger partial charge is 0.0540 e. The van der Waals surface area contributed by atoms with Gasteiger partial charge in [-0.2, -0.15) is 0 Å². The van der Waals surface area contributed by atoms with Crippen molar-refractivity contribution >= 4 is 11.4 Å². The molecule has 0 unspecified atom stereocenters. The van der Waals surface area contributed by atoms with Gasteiger partial charge in [0.2, 0.25) is 0 Å². The molecular weight excluding hydrogens is 446 g/mol. The van der Waals surface area contributed by atoms with Gasteiger partial charge in [-0.1, -0.05) is 140 Å². The van der Waals surface area contributed by atoms with Gasteiger partial charge in [0.15, 0.2) is 0 Å². The predicted molar refractivity (Wildman–Crippen MR) is 162 cm³/mol. The van der Waals surface area contributed by atoms with Crippen LogP contribution in [0.5, 0.6) is 0 Å². The molecule has 0 amide bonds. The molecule has 1 nitrogen and oxygen atoms in total. The van der Waals surface area contributed by atoms with E-state index >= 15 is 0 Å². The molecule has 0 fully saturated rings. The van der Waals surface area contributed by atoms with Gasteiger partial charge in [0, 0.05) is 16.8 Å². The van der Waals surface area contributed by atoms with E-state index in [1.54, 1.807) is 6.08 Å². The molecule has 0 saturated carbocycles. The van der Waals surface area contributed by atoms with Crippen molar-refractivity contribution in [1.82, 2.24) is 0 Å². The predicted octanol–water partition coefficient (Wildman–Crippen LogP) is 10.3. The highest BCUT2D eigenvalue weighted by Crippen LogP contribution is 2.43. The number of benzene rings is 4. The summed E-state index contributed by atoms with van der Waals surface area (Å²) in [5.41, 5.74) is 9.16. The standard InChI is InChI=1S/C36H33N/c1-4-6-10-26-34(29(3)19-7-5-2)37(35-27-17-15-24-32(35)30-20-11-8-12-21-30)36-28-18-16-25-33(36)31-22-13-9-14-23-31/h4-28H,1H2,2-3H3/b7-5-,10-6-,29-19+,34-26+. The largest absolute Gasteiger partial charge is 0.309 e. The highest BCUT2D eigenvalue weighted by molar-refractivity contribution is 5.91. The minimum Gasteiger partial charge on any atom is -0.309 e. The Morgan fingerprint density at radius 3 is 1.57 bits per heavy atom. The number of hydrogen-bond donors (Lipinski definition) is 0. The average molecular weight is 480 g/mol. The van der Waals surface area contributed by atoms with Crippen molar-refractivity contribution in [3.8, 4) is 22.3 Å². The molecule has 37 heavy (non-hydrogen) atoms. The lowest BCUT2D eigenvalue weighted by atomic mass is 9.97. The van der Waals surface area contributed by atoms with E-state index in [1.807, 2.05) is 13.0 Å². The van der Waals surface area contributed by atoms with Gasteiger partial charge in [0.05, 0.1) is 11.4 Å². The monoisotopic (exact) mass is 479 g/mol. The number of anilines is 2. The van der Waals surface area contributed by atoms with E-state index in [1.165, 1.54) is 22.3 Å². The van der Waals surface area contributed by atoms with Gasteiger partial charge in [-0.15, -0.1) is 0 Å².